The van der Waals surface area contributed by atoms with Crippen LogP contribution in [0.4, 0.5) is 0 Å². The van der Waals surface area contributed by atoms with Crippen molar-refractivity contribution in [1.29, 1.82) is 0 Å². The Morgan fingerprint density at radius 3 is 2.18 bits per heavy atom. The molecular weight excluding hydrogens is 470 g/mol. The second-order valence-electron chi connectivity index (χ2n) is 10.7. The molecule has 0 atom stereocenters. The molecule has 7 rings (SSSR count). The van der Waals surface area contributed by atoms with E-state index in [1.165, 1.54) is 5.56 Å². The fourth-order valence-corrected chi connectivity index (χ4v) is 5.35. The van der Waals surface area contributed by atoms with Crippen LogP contribution in [0.15, 0.2) is 95.4 Å². The molecule has 2 heterocycles. The highest BCUT2D eigenvalue weighted by atomic mass is 16.5. The van der Waals surface area contributed by atoms with Gasteiger partial charge in [-0.05, 0) is 51.8 Å². The zero-order chi connectivity index (χ0) is 26.0. The number of nitrogens with zero attached hydrogens (tertiary/aromatic N) is 3. The molecule has 0 spiro atoms. The SMILES string of the molecule is COc1c(-n2nc3cc(-c4ccc(C(C)(C)C)cc4)c4ccccc4c3n2)ccc2c1oc1ccccc12. The summed E-state index contributed by atoms with van der Waals surface area (Å²) >= 11 is 0. The number of para-hydroxylation sites is 1. The van der Waals surface area contributed by atoms with Gasteiger partial charge in [-0.1, -0.05) is 87.5 Å². The highest BCUT2D eigenvalue weighted by molar-refractivity contribution is 6.11. The summed E-state index contributed by atoms with van der Waals surface area (Å²) in [6.45, 7) is 6.70. The molecule has 0 saturated heterocycles. The summed E-state index contributed by atoms with van der Waals surface area (Å²) < 4.78 is 12.1. The Hall–Kier alpha value is -4.64. The van der Waals surface area contributed by atoms with E-state index in [9.17, 15) is 0 Å². The molecule has 5 nitrogen and oxygen atoms in total. The minimum absolute atomic E-state index is 0.104. The lowest BCUT2D eigenvalue weighted by molar-refractivity contribution is 0.407. The van der Waals surface area contributed by atoms with E-state index >= 15 is 0 Å². The zero-order valence-electron chi connectivity index (χ0n) is 21.8. The molecule has 0 radical (unpaired) electrons. The molecule has 38 heavy (non-hydrogen) atoms. The first kappa shape index (κ1) is 22.5. The van der Waals surface area contributed by atoms with Crippen LogP contribution in [-0.2, 0) is 5.41 Å². The van der Waals surface area contributed by atoms with Crippen molar-refractivity contribution in [2.45, 2.75) is 26.2 Å². The number of furan rings is 1. The van der Waals surface area contributed by atoms with Gasteiger partial charge in [0.05, 0.1) is 7.11 Å². The van der Waals surface area contributed by atoms with E-state index in [0.717, 1.165) is 55.0 Å². The predicted molar refractivity (Wildman–Crippen MR) is 154 cm³/mol. The van der Waals surface area contributed by atoms with Crippen LogP contribution in [0.3, 0.4) is 0 Å². The number of rotatable bonds is 3. The summed E-state index contributed by atoms with van der Waals surface area (Å²) in [7, 11) is 1.66. The molecule has 5 aromatic carbocycles. The van der Waals surface area contributed by atoms with E-state index in [-0.39, 0.29) is 5.41 Å². The quantitative estimate of drug-likeness (QED) is 0.246. The summed E-state index contributed by atoms with van der Waals surface area (Å²) in [6, 6.07) is 31.4. The summed E-state index contributed by atoms with van der Waals surface area (Å²) in [5.41, 5.74) is 7.63. The second-order valence-corrected chi connectivity index (χ2v) is 10.7. The number of ether oxygens (including phenoxy) is 1. The molecule has 186 valence electrons. The van der Waals surface area contributed by atoms with Crippen LogP contribution in [0.25, 0.3) is 60.6 Å². The average Bonchev–Trinajstić information content (AvgIpc) is 3.53. The normalized spacial score (nSPS) is 12.2. The summed E-state index contributed by atoms with van der Waals surface area (Å²) in [4.78, 5) is 1.66. The molecule has 5 heteroatoms. The molecular formula is C33H27N3O2. The Balaban J connectivity index is 1.44. The lowest BCUT2D eigenvalue weighted by Gasteiger charge is -2.19. The molecule has 2 aromatic heterocycles. The minimum Gasteiger partial charge on any atom is -0.491 e. The molecule has 0 saturated carbocycles. The number of fused-ring (bicyclic) bond motifs is 6. The van der Waals surface area contributed by atoms with Gasteiger partial charge in [-0.25, -0.2) is 0 Å². The van der Waals surface area contributed by atoms with Gasteiger partial charge in [-0.3, -0.25) is 0 Å². The van der Waals surface area contributed by atoms with Gasteiger partial charge in [-0.2, -0.15) is 0 Å². The van der Waals surface area contributed by atoms with Crippen molar-refractivity contribution < 1.29 is 9.15 Å². The first-order chi connectivity index (χ1) is 18.4. The number of hydrogen-bond donors (Lipinski definition) is 0. The van der Waals surface area contributed by atoms with E-state index in [4.69, 9.17) is 19.4 Å². The van der Waals surface area contributed by atoms with Crippen LogP contribution in [0.2, 0.25) is 0 Å². The Morgan fingerprint density at radius 1 is 0.737 bits per heavy atom. The lowest BCUT2D eigenvalue weighted by atomic mass is 9.86. The summed E-state index contributed by atoms with van der Waals surface area (Å²) in [5.74, 6) is 0.612. The third kappa shape index (κ3) is 3.39. The van der Waals surface area contributed by atoms with Crippen LogP contribution in [0.5, 0.6) is 5.75 Å². The maximum Gasteiger partial charge on any atom is 0.189 e. The smallest absolute Gasteiger partial charge is 0.189 e. The molecule has 0 N–H and O–H groups in total. The highest BCUT2D eigenvalue weighted by Crippen LogP contribution is 2.39. The molecule has 0 aliphatic carbocycles. The Bertz CT molecular complexity index is 1990. The van der Waals surface area contributed by atoms with Crippen molar-refractivity contribution in [1.82, 2.24) is 15.0 Å². The lowest BCUT2D eigenvalue weighted by Crippen LogP contribution is -2.10. The molecule has 0 bridgehead atoms. The molecule has 0 amide bonds. The fraction of sp³-hybridized carbons (Fsp3) is 0.152. The predicted octanol–water partition coefficient (Wildman–Crippen LogP) is 8.45. The van der Waals surface area contributed by atoms with Crippen LogP contribution in [0, 0.1) is 0 Å². The van der Waals surface area contributed by atoms with Crippen molar-refractivity contribution in [3.05, 3.63) is 96.6 Å². The second kappa shape index (κ2) is 8.18. The van der Waals surface area contributed by atoms with Gasteiger partial charge < -0.3 is 9.15 Å². The first-order valence-electron chi connectivity index (χ1n) is 12.8. The van der Waals surface area contributed by atoms with Gasteiger partial charge in [0.2, 0.25) is 0 Å². The Morgan fingerprint density at radius 2 is 1.45 bits per heavy atom. The minimum atomic E-state index is 0.104. The molecule has 0 aliphatic rings. The van der Waals surface area contributed by atoms with E-state index < -0.39 is 0 Å². The molecule has 0 unspecified atom stereocenters. The van der Waals surface area contributed by atoms with Gasteiger partial charge >= 0.3 is 0 Å². The topological polar surface area (TPSA) is 53.1 Å². The average molecular weight is 498 g/mol. The number of methoxy groups -OCH3 is 1. The van der Waals surface area contributed by atoms with Gasteiger partial charge in [0.15, 0.2) is 11.3 Å². The fourth-order valence-electron chi connectivity index (χ4n) is 5.35. The third-order valence-corrected chi connectivity index (χ3v) is 7.36. The maximum atomic E-state index is 6.20. The van der Waals surface area contributed by atoms with Crippen LogP contribution in [0.1, 0.15) is 26.3 Å². The van der Waals surface area contributed by atoms with E-state index in [2.05, 4.69) is 75.4 Å². The highest BCUT2D eigenvalue weighted by Gasteiger charge is 2.20. The zero-order valence-corrected chi connectivity index (χ0v) is 21.8. The van der Waals surface area contributed by atoms with Crippen LogP contribution in [-0.4, -0.2) is 22.1 Å². The van der Waals surface area contributed by atoms with Crippen molar-refractivity contribution in [2.24, 2.45) is 0 Å². The number of hydrogen-bond acceptors (Lipinski definition) is 4. The number of benzene rings is 5. The molecule has 0 aliphatic heterocycles. The third-order valence-electron chi connectivity index (χ3n) is 7.36. The van der Waals surface area contributed by atoms with Gasteiger partial charge in [0.25, 0.3) is 0 Å². The standard InChI is InChI=1S/C33H27N3O2/c1-33(2,3)21-15-13-20(14-16-21)26-19-27-30(24-11-6-5-9-22(24)26)35-36(34-27)28-18-17-25-23-10-7-8-12-29(23)38-31(25)32(28)37-4/h5-19H,1-4H3. The Labute approximate surface area is 220 Å². The van der Waals surface area contributed by atoms with Crippen molar-refractivity contribution >= 4 is 43.7 Å². The molecule has 0 fully saturated rings. The van der Waals surface area contributed by atoms with E-state index in [1.807, 2.05) is 36.4 Å². The first-order valence-corrected chi connectivity index (χ1v) is 12.8. The van der Waals surface area contributed by atoms with E-state index in [1.54, 1.807) is 11.9 Å². The van der Waals surface area contributed by atoms with Crippen molar-refractivity contribution in [2.75, 3.05) is 7.11 Å². The van der Waals surface area contributed by atoms with E-state index in [0.29, 0.717) is 11.3 Å². The van der Waals surface area contributed by atoms with Gasteiger partial charge in [0.1, 0.15) is 22.3 Å². The van der Waals surface area contributed by atoms with Crippen molar-refractivity contribution in [3.63, 3.8) is 0 Å². The summed E-state index contributed by atoms with van der Waals surface area (Å²) in [5, 5.41) is 14.1. The van der Waals surface area contributed by atoms with Gasteiger partial charge in [0, 0.05) is 16.2 Å². The van der Waals surface area contributed by atoms with Gasteiger partial charge in [-0.15, -0.1) is 15.0 Å². The number of aromatic nitrogens is 3. The molecule has 7 aromatic rings. The van der Waals surface area contributed by atoms with Crippen molar-refractivity contribution in [3.8, 4) is 22.6 Å². The maximum absolute atomic E-state index is 6.20. The largest absolute Gasteiger partial charge is 0.491 e. The summed E-state index contributed by atoms with van der Waals surface area (Å²) in [6.07, 6.45) is 0. The Kier molecular flexibility index (Phi) is 4.86. The van der Waals surface area contributed by atoms with Crippen LogP contribution < -0.4 is 4.74 Å². The van der Waals surface area contributed by atoms with Crippen LogP contribution >= 0.6 is 0 Å². The monoisotopic (exact) mass is 497 g/mol.